The Bertz CT molecular complexity index is 849. The molecule has 9 heteroatoms. The normalized spacial score (nSPS) is 20.1. The number of benzene rings is 1. The van der Waals surface area contributed by atoms with Gasteiger partial charge in [0.25, 0.3) is 0 Å². The summed E-state index contributed by atoms with van der Waals surface area (Å²) in [5.41, 5.74) is 1.53. The lowest BCUT2D eigenvalue weighted by Crippen LogP contribution is -2.11. The molecule has 0 spiro atoms. The standard InChI is InChI=1S/C14H17Cl2N3O2S2/c1-2-5-19-12-4-3-10(23(17,20)21)6-11(12)18-13(19)22-8-9-7-14(9,15)16/h3-4,6,9H,2,5,7-8H2,1H3,(H2,17,20,21)/t9-/m1/s1. The summed E-state index contributed by atoms with van der Waals surface area (Å²) in [5, 5.41) is 6.04. The maximum atomic E-state index is 11.5. The van der Waals surface area contributed by atoms with Crippen LogP contribution in [0.1, 0.15) is 19.8 Å². The highest BCUT2D eigenvalue weighted by molar-refractivity contribution is 7.99. The molecular weight excluding hydrogens is 377 g/mol. The quantitative estimate of drug-likeness (QED) is 0.602. The molecular formula is C14H17Cl2N3O2S2. The first-order valence-corrected chi connectivity index (χ1v) is 10.5. The second kappa shape index (κ2) is 6.11. The fourth-order valence-corrected chi connectivity index (χ4v) is 4.94. The van der Waals surface area contributed by atoms with Gasteiger partial charge in [0.2, 0.25) is 10.0 Å². The van der Waals surface area contributed by atoms with Crippen LogP contribution in [0, 0.1) is 5.92 Å². The van der Waals surface area contributed by atoms with Crippen LogP contribution in [0.2, 0.25) is 0 Å². The topological polar surface area (TPSA) is 78.0 Å². The van der Waals surface area contributed by atoms with Crippen molar-refractivity contribution in [3.8, 4) is 0 Å². The van der Waals surface area contributed by atoms with Gasteiger partial charge in [-0.3, -0.25) is 0 Å². The van der Waals surface area contributed by atoms with E-state index in [4.69, 9.17) is 28.3 Å². The van der Waals surface area contributed by atoms with Crippen molar-refractivity contribution >= 4 is 56.0 Å². The number of halogens is 2. The van der Waals surface area contributed by atoms with Crippen LogP contribution in [0.15, 0.2) is 28.3 Å². The largest absolute Gasteiger partial charge is 0.319 e. The summed E-state index contributed by atoms with van der Waals surface area (Å²) >= 11 is 13.7. The number of primary sulfonamides is 1. The van der Waals surface area contributed by atoms with Crippen molar-refractivity contribution in [1.29, 1.82) is 0 Å². The maximum Gasteiger partial charge on any atom is 0.238 e. The Balaban J connectivity index is 1.94. The molecule has 1 aromatic carbocycles. The van der Waals surface area contributed by atoms with Crippen molar-refractivity contribution < 1.29 is 8.42 Å². The third kappa shape index (κ3) is 3.64. The lowest BCUT2D eigenvalue weighted by atomic mass is 10.3. The first-order valence-electron chi connectivity index (χ1n) is 7.26. The van der Waals surface area contributed by atoms with Crippen LogP contribution in [0.25, 0.3) is 11.0 Å². The summed E-state index contributed by atoms with van der Waals surface area (Å²) in [6.45, 7) is 2.90. The number of aryl methyl sites for hydroxylation is 1. The number of hydrogen-bond donors (Lipinski definition) is 1. The van der Waals surface area contributed by atoms with E-state index < -0.39 is 14.4 Å². The van der Waals surface area contributed by atoms with Crippen LogP contribution in [-0.4, -0.2) is 28.1 Å². The zero-order chi connectivity index (χ0) is 16.8. The minimum atomic E-state index is -3.73. The van der Waals surface area contributed by atoms with Crippen molar-refractivity contribution in [1.82, 2.24) is 9.55 Å². The molecule has 1 aliphatic rings. The molecule has 5 nitrogen and oxygen atoms in total. The van der Waals surface area contributed by atoms with E-state index >= 15 is 0 Å². The summed E-state index contributed by atoms with van der Waals surface area (Å²) in [6.07, 6.45) is 1.75. The van der Waals surface area contributed by atoms with Crippen molar-refractivity contribution in [2.45, 2.75) is 40.7 Å². The number of fused-ring (bicyclic) bond motifs is 1. The van der Waals surface area contributed by atoms with E-state index in [0.29, 0.717) is 5.52 Å². The second-order valence-corrected chi connectivity index (χ2v) is 9.81. The van der Waals surface area contributed by atoms with E-state index in [1.54, 1.807) is 17.8 Å². The average molecular weight is 394 g/mol. The number of rotatable bonds is 6. The van der Waals surface area contributed by atoms with Crippen LogP contribution in [-0.2, 0) is 16.6 Å². The molecule has 23 heavy (non-hydrogen) atoms. The lowest BCUT2D eigenvalue weighted by molar-refractivity contribution is 0.598. The molecule has 2 N–H and O–H groups in total. The van der Waals surface area contributed by atoms with Gasteiger partial charge in [-0.2, -0.15) is 0 Å². The van der Waals surface area contributed by atoms with Crippen LogP contribution < -0.4 is 5.14 Å². The second-order valence-electron chi connectivity index (χ2n) is 5.71. The average Bonchev–Trinajstić information content (AvgIpc) is 2.92. The molecule has 1 saturated carbocycles. The summed E-state index contributed by atoms with van der Waals surface area (Å²) in [7, 11) is -3.73. The molecule has 0 aliphatic heterocycles. The molecule has 1 aliphatic carbocycles. The van der Waals surface area contributed by atoms with E-state index in [-0.39, 0.29) is 10.8 Å². The number of nitrogens with zero attached hydrogens (tertiary/aromatic N) is 2. The van der Waals surface area contributed by atoms with Crippen LogP contribution in [0.4, 0.5) is 0 Å². The molecule has 0 radical (unpaired) electrons. The van der Waals surface area contributed by atoms with Gasteiger partial charge in [-0.1, -0.05) is 18.7 Å². The van der Waals surface area contributed by atoms with Gasteiger partial charge in [0.05, 0.1) is 15.9 Å². The number of alkyl halides is 2. The van der Waals surface area contributed by atoms with E-state index in [9.17, 15) is 8.42 Å². The van der Waals surface area contributed by atoms with E-state index in [1.165, 1.54) is 12.1 Å². The maximum absolute atomic E-state index is 11.5. The number of aromatic nitrogens is 2. The number of thioether (sulfide) groups is 1. The molecule has 0 saturated heterocycles. The molecule has 3 rings (SSSR count). The highest BCUT2D eigenvalue weighted by Crippen LogP contribution is 2.54. The van der Waals surface area contributed by atoms with E-state index in [2.05, 4.69) is 16.5 Å². The fraction of sp³-hybridized carbons (Fsp3) is 0.500. The first kappa shape index (κ1) is 17.4. The summed E-state index contributed by atoms with van der Waals surface area (Å²) in [5.74, 6) is 1.06. The van der Waals surface area contributed by atoms with Crippen LogP contribution >= 0.6 is 35.0 Å². The Hall–Kier alpha value is -0.470. The monoisotopic (exact) mass is 393 g/mol. The molecule has 2 aromatic rings. The third-order valence-electron chi connectivity index (χ3n) is 3.83. The number of imidazole rings is 1. The predicted molar refractivity (Wildman–Crippen MR) is 94.7 cm³/mol. The number of sulfonamides is 1. The zero-order valence-corrected chi connectivity index (χ0v) is 15.6. The van der Waals surface area contributed by atoms with Gasteiger partial charge in [0.15, 0.2) is 5.16 Å². The molecule has 1 heterocycles. The Morgan fingerprint density at radius 1 is 1.48 bits per heavy atom. The zero-order valence-electron chi connectivity index (χ0n) is 12.5. The van der Waals surface area contributed by atoms with Gasteiger partial charge in [0.1, 0.15) is 4.33 Å². The van der Waals surface area contributed by atoms with Gasteiger partial charge in [-0.25, -0.2) is 18.5 Å². The molecule has 0 amide bonds. The Kier molecular flexibility index (Phi) is 4.61. The Morgan fingerprint density at radius 3 is 2.74 bits per heavy atom. The smallest absolute Gasteiger partial charge is 0.238 e. The lowest BCUT2D eigenvalue weighted by Gasteiger charge is -2.07. The molecule has 0 unspecified atom stereocenters. The van der Waals surface area contributed by atoms with Crippen molar-refractivity contribution in [2.75, 3.05) is 5.75 Å². The fourth-order valence-electron chi connectivity index (χ4n) is 2.44. The SMILES string of the molecule is CCCn1c(SC[C@H]2CC2(Cl)Cl)nc2cc(S(N)(=O)=O)ccc21. The highest BCUT2D eigenvalue weighted by atomic mass is 35.5. The highest BCUT2D eigenvalue weighted by Gasteiger charge is 2.51. The third-order valence-corrected chi connectivity index (χ3v) is 6.81. The van der Waals surface area contributed by atoms with Gasteiger partial charge >= 0.3 is 0 Å². The Morgan fingerprint density at radius 2 is 2.17 bits per heavy atom. The molecule has 1 aromatic heterocycles. The Labute approximate surface area is 149 Å². The minimum Gasteiger partial charge on any atom is -0.319 e. The van der Waals surface area contributed by atoms with Crippen LogP contribution in [0.3, 0.4) is 0 Å². The van der Waals surface area contributed by atoms with Gasteiger partial charge in [-0.15, -0.1) is 23.2 Å². The predicted octanol–water partition coefficient (Wildman–Crippen LogP) is 3.38. The van der Waals surface area contributed by atoms with Crippen molar-refractivity contribution in [3.05, 3.63) is 18.2 Å². The number of nitrogens with two attached hydrogens (primary N) is 1. The summed E-state index contributed by atoms with van der Waals surface area (Å²) < 4.78 is 24.5. The van der Waals surface area contributed by atoms with Gasteiger partial charge in [-0.05, 0) is 31.0 Å². The minimum absolute atomic E-state index is 0.0745. The van der Waals surface area contributed by atoms with Crippen molar-refractivity contribution in [2.24, 2.45) is 11.1 Å². The van der Waals surface area contributed by atoms with E-state index in [0.717, 1.165) is 35.8 Å². The van der Waals surface area contributed by atoms with Crippen LogP contribution in [0.5, 0.6) is 0 Å². The van der Waals surface area contributed by atoms with Gasteiger partial charge < -0.3 is 4.57 Å². The summed E-state index contributed by atoms with van der Waals surface area (Å²) in [6, 6.07) is 4.79. The number of hydrogen-bond acceptors (Lipinski definition) is 4. The summed E-state index contributed by atoms with van der Waals surface area (Å²) in [4.78, 5) is 4.65. The molecule has 1 fully saturated rings. The van der Waals surface area contributed by atoms with Crippen molar-refractivity contribution in [3.63, 3.8) is 0 Å². The van der Waals surface area contributed by atoms with E-state index in [1.807, 2.05) is 0 Å². The molecule has 126 valence electrons. The molecule has 0 bridgehead atoms. The molecule has 1 atom stereocenters. The first-order chi connectivity index (χ1) is 10.7. The van der Waals surface area contributed by atoms with Gasteiger partial charge in [0, 0.05) is 18.2 Å².